The maximum atomic E-state index is 12.9. The van der Waals surface area contributed by atoms with E-state index in [1.165, 1.54) is 24.3 Å². The molecule has 10 heteroatoms. The molecule has 1 aliphatic rings. The topological polar surface area (TPSA) is 90.0 Å². The average Bonchev–Trinajstić information content (AvgIpc) is 2.64. The summed E-state index contributed by atoms with van der Waals surface area (Å²) < 4.78 is 62.2. The molecule has 0 spiro atoms. The number of rotatable bonds is 7. The first-order valence-electron chi connectivity index (χ1n) is 8.70. The first-order valence-corrected chi connectivity index (χ1v) is 11.9. The van der Waals surface area contributed by atoms with E-state index in [-0.39, 0.29) is 29.7 Å². The van der Waals surface area contributed by atoms with Crippen LogP contribution in [0.4, 0.5) is 0 Å². The molecular formula is C18H20ClNO6S2. The number of hydrogen-bond donors (Lipinski definition) is 0. The predicted octanol–water partition coefficient (Wildman–Crippen LogP) is 3.49. The fraction of sp³-hybridized carbons (Fsp3) is 0.333. The Kier molecular flexibility index (Phi) is 6.49. The van der Waals surface area contributed by atoms with Crippen molar-refractivity contribution >= 4 is 32.2 Å². The van der Waals surface area contributed by atoms with Crippen LogP contribution in [0.25, 0.3) is 0 Å². The van der Waals surface area contributed by atoms with Gasteiger partial charge >= 0.3 is 20.6 Å². The van der Waals surface area contributed by atoms with E-state index in [1.54, 1.807) is 36.4 Å². The van der Waals surface area contributed by atoms with Crippen LogP contribution >= 0.6 is 11.6 Å². The molecule has 1 saturated carbocycles. The summed E-state index contributed by atoms with van der Waals surface area (Å²) in [6.45, 7) is 0. The molecular weight excluding hydrogens is 426 g/mol. The van der Waals surface area contributed by atoms with Gasteiger partial charge in [-0.15, -0.1) is 11.6 Å². The van der Waals surface area contributed by atoms with Crippen LogP contribution in [0, 0.1) is 0 Å². The highest BCUT2D eigenvalue weighted by Gasteiger charge is 2.45. The molecule has 0 aromatic heterocycles. The van der Waals surface area contributed by atoms with E-state index in [1.807, 2.05) is 0 Å². The zero-order valence-corrected chi connectivity index (χ0v) is 17.2. The third-order valence-electron chi connectivity index (χ3n) is 4.25. The Labute approximate surface area is 170 Å². The lowest BCUT2D eigenvalue weighted by atomic mass is 9.96. The van der Waals surface area contributed by atoms with Gasteiger partial charge in [-0.25, -0.2) is 0 Å². The molecule has 1 fully saturated rings. The summed E-state index contributed by atoms with van der Waals surface area (Å²) in [4.78, 5) is 0. The molecule has 0 atom stereocenters. The van der Waals surface area contributed by atoms with Gasteiger partial charge in [-0.05, 0) is 53.7 Å². The van der Waals surface area contributed by atoms with Gasteiger partial charge in [0, 0.05) is 11.4 Å². The second-order valence-electron chi connectivity index (χ2n) is 6.34. The molecule has 0 bridgehead atoms. The quantitative estimate of drug-likeness (QED) is 0.606. The summed E-state index contributed by atoms with van der Waals surface area (Å²) in [6.07, 6.45) is 1.54. The van der Waals surface area contributed by atoms with Gasteiger partial charge in [0.25, 0.3) is 0 Å². The largest absolute Gasteiger partial charge is 0.401 e. The lowest BCUT2D eigenvalue weighted by molar-refractivity contribution is 0.293. The summed E-state index contributed by atoms with van der Waals surface area (Å²) in [7, 11) is -9.39. The molecule has 0 amide bonds. The van der Waals surface area contributed by atoms with Crippen LogP contribution in [0.2, 0.25) is 0 Å². The molecule has 3 rings (SSSR count). The number of benzene rings is 2. The van der Waals surface area contributed by atoms with Crippen LogP contribution in [0.5, 0.6) is 11.5 Å². The number of alkyl halides is 1. The molecule has 152 valence electrons. The van der Waals surface area contributed by atoms with E-state index in [0.29, 0.717) is 16.6 Å². The Morgan fingerprint density at radius 1 is 0.714 bits per heavy atom. The molecule has 28 heavy (non-hydrogen) atoms. The van der Waals surface area contributed by atoms with Crippen LogP contribution in [0.15, 0.2) is 60.7 Å². The zero-order valence-electron chi connectivity index (χ0n) is 14.8. The van der Waals surface area contributed by atoms with Crippen molar-refractivity contribution in [2.45, 2.75) is 37.1 Å². The van der Waals surface area contributed by atoms with Crippen LogP contribution in [-0.2, 0) is 20.6 Å². The van der Waals surface area contributed by atoms with Crippen LogP contribution in [0.1, 0.15) is 25.7 Å². The molecule has 2 aromatic rings. The highest BCUT2D eigenvalue weighted by atomic mass is 35.5. The van der Waals surface area contributed by atoms with E-state index < -0.39 is 26.7 Å². The van der Waals surface area contributed by atoms with Crippen LogP contribution in [0.3, 0.4) is 0 Å². The highest BCUT2D eigenvalue weighted by Crippen LogP contribution is 2.32. The molecule has 0 aliphatic heterocycles. The van der Waals surface area contributed by atoms with E-state index >= 15 is 0 Å². The third-order valence-corrected chi connectivity index (χ3v) is 8.07. The minimum Gasteiger partial charge on any atom is -0.370 e. The molecule has 0 unspecified atom stereocenters. The van der Waals surface area contributed by atoms with E-state index in [4.69, 9.17) is 20.0 Å². The Hall–Kier alpha value is -1.81. The van der Waals surface area contributed by atoms with Crippen molar-refractivity contribution in [2.75, 3.05) is 0 Å². The lowest BCUT2D eigenvalue weighted by Gasteiger charge is -2.32. The van der Waals surface area contributed by atoms with Gasteiger partial charge in [0.05, 0.1) is 0 Å². The van der Waals surface area contributed by atoms with Crippen molar-refractivity contribution in [1.29, 1.82) is 0 Å². The molecule has 0 heterocycles. The zero-order chi connectivity index (χ0) is 20.2. The van der Waals surface area contributed by atoms with Crippen molar-refractivity contribution in [3.63, 3.8) is 0 Å². The second-order valence-corrected chi connectivity index (χ2v) is 10.0. The Balaban J connectivity index is 1.94. The van der Waals surface area contributed by atoms with Gasteiger partial charge < -0.3 is 8.37 Å². The standard InChI is InChI=1S/C18H20ClNO6S2/c19-15-11-13-16(14-12-15)20(27(21,22)25-17-7-3-1-4-8-17)28(23,24)26-18-9-5-2-6-10-18/h1-10,15-16H,11-14H2. The maximum Gasteiger partial charge on any atom is 0.401 e. The number of hydrogen-bond acceptors (Lipinski definition) is 6. The first kappa shape index (κ1) is 20.9. The number of halogens is 1. The monoisotopic (exact) mass is 445 g/mol. The SMILES string of the molecule is O=S(=O)(Oc1ccccc1)N(C1CCC(Cl)CC1)S(=O)(=O)Oc1ccccc1. The van der Waals surface area contributed by atoms with E-state index in [9.17, 15) is 16.8 Å². The van der Waals surface area contributed by atoms with Gasteiger partial charge in [0.15, 0.2) is 0 Å². The normalized spacial score (nSPS) is 20.6. The fourth-order valence-corrected chi connectivity index (χ4v) is 6.33. The summed E-state index contributed by atoms with van der Waals surface area (Å²) in [6, 6.07) is 14.6. The third kappa shape index (κ3) is 5.16. The van der Waals surface area contributed by atoms with Crippen molar-refractivity contribution < 1.29 is 25.2 Å². The van der Waals surface area contributed by atoms with Crippen LogP contribution < -0.4 is 8.37 Å². The lowest BCUT2D eigenvalue weighted by Crippen LogP contribution is -2.49. The summed E-state index contributed by atoms with van der Waals surface area (Å²) in [5.74, 6) is 0.0156. The fourth-order valence-electron chi connectivity index (χ4n) is 2.99. The maximum absolute atomic E-state index is 12.9. The molecule has 0 radical (unpaired) electrons. The predicted molar refractivity (Wildman–Crippen MR) is 106 cm³/mol. The Morgan fingerprint density at radius 2 is 1.11 bits per heavy atom. The van der Waals surface area contributed by atoms with Crippen molar-refractivity contribution in [3.05, 3.63) is 60.7 Å². The minimum atomic E-state index is -4.69. The van der Waals surface area contributed by atoms with Crippen molar-refractivity contribution in [2.24, 2.45) is 0 Å². The minimum absolute atomic E-state index is 0.00782. The van der Waals surface area contributed by atoms with Crippen LogP contribution in [-0.4, -0.2) is 32.0 Å². The second kappa shape index (κ2) is 8.69. The Bertz CT molecular complexity index is 904. The number of para-hydroxylation sites is 2. The summed E-state index contributed by atoms with van der Waals surface area (Å²) >= 11 is 6.09. The first-order chi connectivity index (χ1) is 13.3. The smallest absolute Gasteiger partial charge is 0.370 e. The van der Waals surface area contributed by atoms with Crippen molar-refractivity contribution in [1.82, 2.24) is 3.71 Å². The Morgan fingerprint density at radius 3 is 1.50 bits per heavy atom. The van der Waals surface area contributed by atoms with Gasteiger partial charge in [0.2, 0.25) is 0 Å². The molecule has 0 saturated heterocycles. The van der Waals surface area contributed by atoms with Gasteiger partial charge in [0.1, 0.15) is 11.5 Å². The van der Waals surface area contributed by atoms with Gasteiger partial charge in [-0.2, -0.15) is 16.8 Å². The summed E-state index contributed by atoms with van der Waals surface area (Å²) in [5.41, 5.74) is 0. The van der Waals surface area contributed by atoms with Gasteiger partial charge in [-0.1, -0.05) is 36.4 Å². The van der Waals surface area contributed by atoms with E-state index in [0.717, 1.165) is 0 Å². The highest BCUT2D eigenvalue weighted by molar-refractivity contribution is 8.00. The number of nitrogens with zero attached hydrogens (tertiary/aromatic N) is 1. The molecule has 2 aromatic carbocycles. The molecule has 7 nitrogen and oxygen atoms in total. The average molecular weight is 446 g/mol. The molecule has 0 N–H and O–H groups in total. The van der Waals surface area contributed by atoms with Crippen molar-refractivity contribution in [3.8, 4) is 11.5 Å². The summed E-state index contributed by atoms with van der Waals surface area (Å²) in [5, 5.41) is -0.117. The van der Waals surface area contributed by atoms with Gasteiger partial charge in [-0.3, -0.25) is 0 Å². The van der Waals surface area contributed by atoms with E-state index in [2.05, 4.69) is 0 Å². The molecule has 1 aliphatic carbocycles.